The van der Waals surface area contributed by atoms with Gasteiger partial charge in [-0.25, -0.2) is 9.59 Å². The number of hydrogen-bond acceptors (Lipinski definition) is 2. The van der Waals surface area contributed by atoms with Crippen LogP contribution in [0.5, 0.6) is 0 Å². The fourth-order valence-electron chi connectivity index (χ4n) is 2.45. The van der Waals surface area contributed by atoms with Gasteiger partial charge in [0.25, 0.3) is 0 Å². The number of carbonyl (C=O) groups excluding carboxylic acids is 1. The molecule has 2 N–H and O–H groups in total. The van der Waals surface area contributed by atoms with Crippen LogP contribution in [-0.4, -0.2) is 40.6 Å². The fourth-order valence-corrected chi connectivity index (χ4v) is 2.45. The summed E-state index contributed by atoms with van der Waals surface area (Å²) in [5.74, 6) is -0.533. The second-order valence-electron chi connectivity index (χ2n) is 5.46. The molecule has 0 unspecified atom stereocenters. The van der Waals surface area contributed by atoms with E-state index in [1.807, 2.05) is 20.8 Å². The molecule has 0 bridgehead atoms. The predicted molar refractivity (Wildman–Crippen MR) is 69.5 cm³/mol. The van der Waals surface area contributed by atoms with Crippen LogP contribution in [0.15, 0.2) is 0 Å². The molecule has 2 amide bonds. The van der Waals surface area contributed by atoms with Crippen molar-refractivity contribution in [2.75, 3.05) is 13.1 Å². The molecule has 1 aliphatic rings. The lowest BCUT2D eigenvalue weighted by Gasteiger charge is -2.30. The molecule has 5 heteroatoms. The Balaban J connectivity index is 2.68. The second-order valence-corrected chi connectivity index (χ2v) is 5.46. The van der Waals surface area contributed by atoms with Gasteiger partial charge in [-0.1, -0.05) is 26.7 Å². The van der Waals surface area contributed by atoms with Gasteiger partial charge < -0.3 is 15.3 Å². The van der Waals surface area contributed by atoms with E-state index in [1.54, 1.807) is 4.90 Å². The molecule has 104 valence electrons. The summed E-state index contributed by atoms with van der Waals surface area (Å²) >= 11 is 0. The van der Waals surface area contributed by atoms with E-state index in [1.165, 1.54) is 0 Å². The molecule has 1 rings (SSSR count). The Kier molecular flexibility index (Phi) is 4.99. The lowest BCUT2D eigenvalue weighted by atomic mass is 9.98. The van der Waals surface area contributed by atoms with Gasteiger partial charge in [0.15, 0.2) is 0 Å². The van der Waals surface area contributed by atoms with Crippen LogP contribution in [0.3, 0.4) is 0 Å². The average Bonchev–Trinajstić information content (AvgIpc) is 2.75. The summed E-state index contributed by atoms with van der Waals surface area (Å²) < 4.78 is 0. The normalized spacial score (nSPS) is 17.8. The Morgan fingerprint density at radius 3 is 2.28 bits per heavy atom. The highest BCUT2D eigenvalue weighted by molar-refractivity contribution is 5.86. The van der Waals surface area contributed by atoms with E-state index < -0.39 is 11.5 Å². The third kappa shape index (κ3) is 3.37. The van der Waals surface area contributed by atoms with E-state index in [4.69, 9.17) is 0 Å². The summed E-state index contributed by atoms with van der Waals surface area (Å²) in [6, 6.07) is -0.254. The molecule has 18 heavy (non-hydrogen) atoms. The van der Waals surface area contributed by atoms with Crippen LogP contribution in [0, 0.1) is 5.92 Å². The van der Waals surface area contributed by atoms with Gasteiger partial charge in [0, 0.05) is 13.1 Å². The van der Waals surface area contributed by atoms with Crippen molar-refractivity contribution in [2.45, 2.75) is 52.0 Å². The van der Waals surface area contributed by atoms with Crippen molar-refractivity contribution in [1.29, 1.82) is 0 Å². The van der Waals surface area contributed by atoms with E-state index in [-0.39, 0.29) is 6.03 Å². The van der Waals surface area contributed by atoms with E-state index >= 15 is 0 Å². The highest BCUT2D eigenvalue weighted by Gasteiger charge is 2.43. The van der Waals surface area contributed by atoms with Crippen molar-refractivity contribution in [3.05, 3.63) is 0 Å². The van der Waals surface area contributed by atoms with Crippen molar-refractivity contribution in [1.82, 2.24) is 10.2 Å². The minimum absolute atomic E-state index is 0.254. The molecule has 0 atom stereocenters. The van der Waals surface area contributed by atoms with Gasteiger partial charge in [-0.3, -0.25) is 0 Å². The maximum Gasteiger partial charge on any atom is 0.329 e. The number of urea groups is 1. The first-order valence-electron chi connectivity index (χ1n) is 6.72. The van der Waals surface area contributed by atoms with Crippen LogP contribution in [0.25, 0.3) is 0 Å². The Morgan fingerprint density at radius 2 is 1.89 bits per heavy atom. The quantitative estimate of drug-likeness (QED) is 0.791. The van der Waals surface area contributed by atoms with Crippen LogP contribution >= 0.6 is 0 Å². The lowest BCUT2D eigenvalue weighted by molar-refractivity contribution is -0.144. The first kappa shape index (κ1) is 14.8. The van der Waals surface area contributed by atoms with Crippen molar-refractivity contribution < 1.29 is 14.7 Å². The van der Waals surface area contributed by atoms with Crippen molar-refractivity contribution in [3.8, 4) is 0 Å². The number of carboxylic acid groups (broad SMARTS) is 1. The fraction of sp³-hybridized carbons (Fsp3) is 0.846. The number of hydrogen-bond donors (Lipinski definition) is 2. The Labute approximate surface area is 109 Å². The van der Waals surface area contributed by atoms with Gasteiger partial charge >= 0.3 is 12.0 Å². The van der Waals surface area contributed by atoms with E-state index in [2.05, 4.69) is 5.32 Å². The number of carbonyl (C=O) groups is 2. The SMILES string of the molecule is CCN(CC(C)C)C(=O)NC1(C(=O)O)CCCC1. The highest BCUT2D eigenvalue weighted by atomic mass is 16.4. The summed E-state index contributed by atoms with van der Waals surface area (Å²) in [5.41, 5.74) is -1.04. The molecule has 0 spiro atoms. The molecule has 0 aliphatic heterocycles. The molecule has 0 aromatic carbocycles. The average molecular weight is 256 g/mol. The maximum absolute atomic E-state index is 12.1. The third-order valence-corrected chi connectivity index (χ3v) is 3.47. The van der Waals surface area contributed by atoms with Gasteiger partial charge in [0.2, 0.25) is 0 Å². The summed E-state index contributed by atoms with van der Waals surface area (Å²) in [4.78, 5) is 25.2. The van der Waals surface area contributed by atoms with Crippen LogP contribution in [0.2, 0.25) is 0 Å². The summed E-state index contributed by atoms with van der Waals surface area (Å²) in [7, 11) is 0. The summed E-state index contributed by atoms with van der Waals surface area (Å²) in [6.07, 6.45) is 2.80. The minimum atomic E-state index is -1.04. The van der Waals surface area contributed by atoms with Crippen molar-refractivity contribution in [2.24, 2.45) is 5.92 Å². The van der Waals surface area contributed by atoms with Crippen molar-refractivity contribution >= 4 is 12.0 Å². The third-order valence-electron chi connectivity index (χ3n) is 3.47. The zero-order valence-corrected chi connectivity index (χ0v) is 11.5. The van der Waals surface area contributed by atoms with E-state index in [0.29, 0.717) is 31.8 Å². The molecular formula is C13H24N2O3. The zero-order chi connectivity index (χ0) is 13.8. The largest absolute Gasteiger partial charge is 0.480 e. The molecule has 1 aliphatic carbocycles. The maximum atomic E-state index is 12.1. The molecule has 1 saturated carbocycles. The van der Waals surface area contributed by atoms with Gasteiger partial charge in [0.1, 0.15) is 5.54 Å². The predicted octanol–water partition coefficient (Wildman–Crippen LogP) is 2.07. The van der Waals surface area contributed by atoms with Crippen LogP contribution in [-0.2, 0) is 4.79 Å². The highest BCUT2D eigenvalue weighted by Crippen LogP contribution is 2.30. The first-order chi connectivity index (χ1) is 8.41. The Bertz CT molecular complexity index is 309. The monoisotopic (exact) mass is 256 g/mol. The minimum Gasteiger partial charge on any atom is -0.480 e. The van der Waals surface area contributed by atoms with Gasteiger partial charge in [0.05, 0.1) is 0 Å². The van der Waals surface area contributed by atoms with Gasteiger partial charge in [-0.2, -0.15) is 0 Å². The molecular weight excluding hydrogens is 232 g/mol. The molecule has 0 saturated heterocycles. The number of amides is 2. The van der Waals surface area contributed by atoms with Crippen LogP contribution in [0.4, 0.5) is 4.79 Å². The number of carboxylic acids is 1. The van der Waals surface area contributed by atoms with E-state index in [0.717, 1.165) is 12.8 Å². The number of nitrogens with zero attached hydrogens (tertiary/aromatic N) is 1. The molecule has 0 heterocycles. The molecule has 0 radical (unpaired) electrons. The van der Waals surface area contributed by atoms with Crippen LogP contribution < -0.4 is 5.32 Å². The summed E-state index contributed by atoms with van der Waals surface area (Å²) in [5, 5.41) is 12.1. The Hall–Kier alpha value is -1.26. The van der Waals surface area contributed by atoms with Crippen LogP contribution in [0.1, 0.15) is 46.5 Å². The lowest BCUT2D eigenvalue weighted by Crippen LogP contribution is -2.56. The Morgan fingerprint density at radius 1 is 1.33 bits per heavy atom. The zero-order valence-electron chi connectivity index (χ0n) is 11.5. The number of aliphatic carboxylic acids is 1. The smallest absolute Gasteiger partial charge is 0.329 e. The molecule has 5 nitrogen and oxygen atoms in total. The van der Waals surface area contributed by atoms with Gasteiger partial charge in [-0.05, 0) is 25.7 Å². The first-order valence-corrected chi connectivity index (χ1v) is 6.72. The molecule has 0 aromatic rings. The number of rotatable bonds is 5. The molecule has 0 aromatic heterocycles. The van der Waals surface area contributed by atoms with Crippen molar-refractivity contribution in [3.63, 3.8) is 0 Å². The molecule has 1 fully saturated rings. The summed E-state index contributed by atoms with van der Waals surface area (Å²) in [6.45, 7) is 7.23. The number of nitrogens with one attached hydrogen (secondary N) is 1. The van der Waals surface area contributed by atoms with Gasteiger partial charge in [-0.15, -0.1) is 0 Å². The topological polar surface area (TPSA) is 69.6 Å². The second kappa shape index (κ2) is 6.07. The standard InChI is InChI=1S/C13H24N2O3/c1-4-15(9-10(2)3)12(18)14-13(11(16)17)7-5-6-8-13/h10H,4-9H2,1-3H3,(H,14,18)(H,16,17). The van der Waals surface area contributed by atoms with E-state index in [9.17, 15) is 14.7 Å².